The highest BCUT2D eigenvalue weighted by molar-refractivity contribution is 4.93. The summed E-state index contributed by atoms with van der Waals surface area (Å²) in [6.07, 6.45) is 15.8. The molecule has 136 valence electrons. The van der Waals surface area contributed by atoms with Gasteiger partial charge in [0.1, 0.15) is 12.4 Å². The van der Waals surface area contributed by atoms with Crippen LogP contribution in [0.1, 0.15) is 70.8 Å². The minimum absolute atomic E-state index is 1.11. The molecule has 0 bridgehead atoms. The highest BCUT2D eigenvalue weighted by atomic mass is 15.1. The first-order valence-electron chi connectivity index (χ1n) is 9.65. The lowest BCUT2D eigenvalue weighted by molar-refractivity contribution is -0.702. The Morgan fingerprint density at radius 3 is 2.08 bits per heavy atom. The van der Waals surface area contributed by atoms with Gasteiger partial charge in [-0.1, -0.05) is 40.0 Å². The largest absolute Gasteiger partial charge is 0.335 e. The highest BCUT2D eigenvalue weighted by Gasteiger charge is 2.10. The van der Waals surface area contributed by atoms with Crippen LogP contribution in [0.5, 0.6) is 0 Å². The summed E-state index contributed by atoms with van der Waals surface area (Å²) in [6, 6.07) is 0. The van der Waals surface area contributed by atoms with Crippen molar-refractivity contribution in [2.45, 2.75) is 92.8 Å². The molecule has 0 aliphatic heterocycles. The summed E-state index contributed by atoms with van der Waals surface area (Å²) in [5, 5.41) is 0. The smallest absolute Gasteiger partial charge is 0.253 e. The molecular weight excluding hydrogens is 296 g/mol. The summed E-state index contributed by atoms with van der Waals surface area (Å²) >= 11 is 0. The Hall–Kier alpha value is -1.58. The van der Waals surface area contributed by atoms with Gasteiger partial charge < -0.3 is 4.57 Å². The maximum atomic E-state index is 4.04. The second-order valence-electron chi connectivity index (χ2n) is 6.52. The number of aryl methyl sites for hydroxylation is 4. The summed E-state index contributed by atoms with van der Waals surface area (Å²) in [5.74, 6) is 1.40. The molecule has 4 heteroatoms. The Bertz CT molecular complexity index is 528. The van der Waals surface area contributed by atoms with Gasteiger partial charge in [0.05, 0.1) is 19.4 Å². The molecule has 0 spiro atoms. The predicted molar refractivity (Wildman–Crippen MR) is 101 cm³/mol. The standard InChI is InChI=1S/C12H23N2.C8H14N2/c1-4-6-8-13-10-11-14(12(13)3)9-7-5-2;1-3-4-5-10-7-9-6-8(10)2/h10-11H,4-9H2,1-3H3;6-7H,3-5H2,1-2H3/q+1;. The first-order chi connectivity index (χ1) is 11.6. The Balaban J connectivity index is 0.000000254. The molecule has 0 amide bonds. The Kier molecular flexibility index (Phi) is 10.1. The van der Waals surface area contributed by atoms with Crippen LogP contribution in [0, 0.1) is 13.8 Å². The van der Waals surface area contributed by atoms with Crippen LogP contribution in [-0.2, 0) is 19.6 Å². The molecule has 2 aromatic heterocycles. The van der Waals surface area contributed by atoms with Crippen molar-refractivity contribution in [3.63, 3.8) is 0 Å². The molecule has 24 heavy (non-hydrogen) atoms. The van der Waals surface area contributed by atoms with Gasteiger partial charge in [-0.15, -0.1) is 0 Å². The van der Waals surface area contributed by atoms with Crippen molar-refractivity contribution in [1.82, 2.24) is 14.1 Å². The number of imidazole rings is 2. The molecule has 0 aliphatic carbocycles. The molecule has 0 aromatic carbocycles. The van der Waals surface area contributed by atoms with Gasteiger partial charge >= 0.3 is 0 Å². The maximum absolute atomic E-state index is 4.04. The van der Waals surface area contributed by atoms with Crippen molar-refractivity contribution in [2.24, 2.45) is 0 Å². The lowest BCUT2D eigenvalue weighted by atomic mass is 10.3. The fourth-order valence-corrected chi connectivity index (χ4v) is 2.62. The minimum atomic E-state index is 1.11. The third-order valence-corrected chi connectivity index (χ3v) is 4.44. The second kappa shape index (κ2) is 11.9. The monoisotopic (exact) mass is 333 g/mol. The molecule has 0 fully saturated rings. The van der Waals surface area contributed by atoms with Gasteiger partial charge in [-0.3, -0.25) is 0 Å². The van der Waals surface area contributed by atoms with E-state index in [1.807, 2.05) is 12.5 Å². The normalized spacial score (nSPS) is 10.5. The van der Waals surface area contributed by atoms with E-state index in [0.717, 1.165) is 6.54 Å². The number of hydrogen-bond donors (Lipinski definition) is 0. The third kappa shape index (κ3) is 6.90. The van der Waals surface area contributed by atoms with E-state index in [1.165, 1.54) is 63.1 Å². The molecule has 4 nitrogen and oxygen atoms in total. The number of aromatic nitrogens is 4. The van der Waals surface area contributed by atoms with Crippen LogP contribution in [-0.4, -0.2) is 14.1 Å². The van der Waals surface area contributed by atoms with E-state index in [4.69, 9.17) is 0 Å². The first kappa shape index (κ1) is 20.5. The summed E-state index contributed by atoms with van der Waals surface area (Å²) in [4.78, 5) is 4.04. The summed E-state index contributed by atoms with van der Waals surface area (Å²) < 4.78 is 6.90. The van der Waals surface area contributed by atoms with Crippen molar-refractivity contribution in [3.8, 4) is 0 Å². The third-order valence-electron chi connectivity index (χ3n) is 4.44. The van der Waals surface area contributed by atoms with Crippen LogP contribution in [0.3, 0.4) is 0 Å². The van der Waals surface area contributed by atoms with Crippen molar-refractivity contribution in [1.29, 1.82) is 0 Å². The quantitative estimate of drug-likeness (QED) is 0.612. The lowest BCUT2D eigenvalue weighted by Gasteiger charge is -2.01. The van der Waals surface area contributed by atoms with E-state index in [-0.39, 0.29) is 0 Å². The molecule has 0 saturated carbocycles. The van der Waals surface area contributed by atoms with Crippen LogP contribution in [0.2, 0.25) is 0 Å². The second-order valence-corrected chi connectivity index (χ2v) is 6.52. The average Bonchev–Trinajstić information content (AvgIpc) is 3.15. The molecule has 0 atom stereocenters. The van der Waals surface area contributed by atoms with Gasteiger partial charge in [-0.2, -0.15) is 0 Å². The predicted octanol–water partition coefficient (Wildman–Crippen LogP) is 4.68. The van der Waals surface area contributed by atoms with E-state index in [0.29, 0.717) is 0 Å². The van der Waals surface area contributed by atoms with E-state index >= 15 is 0 Å². The van der Waals surface area contributed by atoms with Gasteiger partial charge in [0.15, 0.2) is 0 Å². The number of rotatable bonds is 9. The lowest BCUT2D eigenvalue weighted by Crippen LogP contribution is -2.35. The van der Waals surface area contributed by atoms with Crippen LogP contribution in [0.25, 0.3) is 0 Å². The Morgan fingerprint density at radius 1 is 0.917 bits per heavy atom. The zero-order valence-corrected chi connectivity index (χ0v) is 16.5. The topological polar surface area (TPSA) is 26.6 Å². The van der Waals surface area contributed by atoms with Crippen LogP contribution >= 0.6 is 0 Å². The van der Waals surface area contributed by atoms with Crippen LogP contribution < -0.4 is 4.57 Å². The van der Waals surface area contributed by atoms with E-state index in [2.05, 4.69) is 65.7 Å². The minimum Gasteiger partial charge on any atom is -0.335 e. The molecule has 0 radical (unpaired) electrons. The van der Waals surface area contributed by atoms with Gasteiger partial charge in [0.2, 0.25) is 0 Å². The van der Waals surface area contributed by atoms with E-state index in [9.17, 15) is 0 Å². The fourth-order valence-electron chi connectivity index (χ4n) is 2.62. The molecule has 2 rings (SSSR count). The molecule has 0 saturated heterocycles. The maximum Gasteiger partial charge on any atom is 0.253 e. The molecule has 0 N–H and O–H groups in total. The zero-order valence-electron chi connectivity index (χ0n) is 16.5. The summed E-state index contributed by atoms with van der Waals surface area (Å²) in [6.45, 7) is 14.4. The Morgan fingerprint density at radius 2 is 1.54 bits per heavy atom. The fraction of sp³-hybridized carbons (Fsp3) is 0.700. The van der Waals surface area contributed by atoms with Crippen LogP contribution in [0.4, 0.5) is 0 Å². The van der Waals surface area contributed by atoms with Gasteiger partial charge in [-0.25, -0.2) is 14.1 Å². The number of hydrogen-bond acceptors (Lipinski definition) is 1. The zero-order chi connectivity index (χ0) is 17.8. The van der Waals surface area contributed by atoms with Crippen molar-refractivity contribution in [3.05, 3.63) is 36.4 Å². The molecule has 0 unspecified atom stereocenters. The number of nitrogens with zero attached hydrogens (tertiary/aromatic N) is 4. The summed E-state index contributed by atoms with van der Waals surface area (Å²) in [7, 11) is 0. The molecule has 0 aliphatic rings. The van der Waals surface area contributed by atoms with Gasteiger partial charge in [-0.05, 0) is 26.2 Å². The molecule has 2 aromatic rings. The Labute approximate surface area is 148 Å². The first-order valence-corrected chi connectivity index (χ1v) is 9.65. The molecular formula is C20H37N4+. The van der Waals surface area contributed by atoms with E-state index < -0.39 is 0 Å². The number of unbranched alkanes of at least 4 members (excludes halogenated alkanes) is 3. The summed E-state index contributed by atoms with van der Waals surface area (Å²) in [5.41, 5.74) is 1.26. The van der Waals surface area contributed by atoms with Crippen molar-refractivity contribution in [2.75, 3.05) is 0 Å². The van der Waals surface area contributed by atoms with Crippen molar-refractivity contribution >= 4 is 0 Å². The average molecular weight is 334 g/mol. The van der Waals surface area contributed by atoms with E-state index in [1.54, 1.807) is 0 Å². The molecule has 2 heterocycles. The highest BCUT2D eigenvalue weighted by Crippen LogP contribution is 2.00. The van der Waals surface area contributed by atoms with Gasteiger partial charge in [0, 0.05) is 25.4 Å². The van der Waals surface area contributed by atoms with Gasteiger partial charge in [0.25, 0.3) is 5.82 Å². The van der Waals surface area contributed by atoms with Crippen LogP contribution in [0.15, 0.2) is 24.9 Å². The van der Waals surface area contributed by atoms with Crippen molar-refractivity contribution < 1.29 is 4.57 Å². The SMILES string of the molecule is CCCCn1cc[n+](CCCC)c1C.CCCCn1cncc1C.